The molecule has 1 amide bonds. The van der Waals surface area contributed by atoms with Gasteiger partial charge in [-0.2, -0.15) is 5.10 Å². The van der Waals surface area contributed by atoms with Crippen LogP contribution in [0, 0.1) is 0 Å². The molecular weight excluding hydrogens is 492 g/mol. The Bertz CT molecular complexity index is 1400. The number of carbonyl (C=O) groups excluding carboxylic acids is 2. The molecule has 0 unspecified atom stereocenters. The first-order chi connectivity index (χ1) is 18.0. The van der Waals surface area contributed by atoms with Gasteiger partial charge < -0.3 is 14.2 Å². The number of hydrazone groups is 1. The molecule has 4 aromatic rings. The van der Waals surface area contributed by atoms with Crippen LogP contribution in [0.2, 0.25) is 5.02 Å². The summed E-state index contributed by atoms with van der Waals surface area (Å²) in [5, 5.41) is 4.68. The van der Waals surface area contributed by atoms with Gasteiger partial charge in [0.1, 0.15) is 23.9 Å². The summed E-state index contributed by atoms with van der Waals surface area (Å²) < 4.78 is 16.4. The molecule has 0 aliphatic carbocycles. The Hall–Kier alpha value is -4.62. The van der Waals surface area contributed by atoms with Gasteiger partial charge in [-0.05, 0) is 71.8 Å². The van der Waals surface area contributed by atoms with Gasteiger partial charge in [-0.15, -0.1) is 0 Å². The normalized spacial score (nSPS) is 10.6. The number of hydrogen-bond acceptors (Lipinski definition) is 6. The maximum Gasteiger partial charge on any atom is 0.343 e. The quantitative estimate of drug-likeness (QED) is 0.130. The van der Waals surface area contributed by atoms with Crippen molar-refractivity contribution >= 4 is 29.7 Å². The Labute approximate surface area is 219 Å². The van der Waals surface area contributed by atoms with Crippen molar-refractivity contribution in [1.29, 1.82) is 0 Å². The molecule has 0 saturated heterocycles. The molecule has 37 heavy (non-hydrogen) atoms. The van der Waals surface area contributed by atoms with Crippen molar-refractivity contribution in [2.45, 2.75) is 6.61 Å². The van der Waals surface area contributed by atoms with Crippen molar-refractivity contribution in [3.63, 3.8) is 0 Å². The van der Waals surface area contributed by atoms with E-state index in [0.29, 0.717) is 39.0 Å². The molecule has 7 nitrogen and oxygen atoms in total. The molecule has 0 aliphatic rings. The number of nitrogens with zero attached hydrogens (tertiary/aromatic N) is 1. The standard InChI is InChI=1S/C29H23ClN2O5/c1-35-24-15-11-22(12-16-24)29(34)37-25-6-4-5-21(17-25)18-31-32-28(33)26-7-2-3-8-27(26)36-19-20-9-13-23(30)14-10-20/h2-18H,19H2,1H3,(H,32,33)/b31-18-. The molecule has 4 rings (SSSR count). The van der Waals surface area contributed by atoms with E-state index in [1.807, 2.05) is 12.1 Å². The molecule has 0 radical (unpaired) electrons. The molecule has 0 heterocycles. The van der Waals surface area contributed by atoms with Gasteiger partial charge in [0.05, 0.1) is 24.5 Å². The van der Waals surface area contributed by atoms with Crippen LogP contribution in [0.4, 0.5) is 0 Å². The minimum absolute atomic E-state index is 0.284. The predicted molar refractivity (Wildman–Crippen MR) is 142 cm³/mol. The van der Waals surface area contributed by atoms with Crippen LogP contribution in [-0.2, 0) is 6.61 Å². The van der Waals surface area contributed by atoms with Crippen LogP contribution in [-0.4, -0.2) is 25.2 Å². The Morgan fingerprint density at radius 1 is 0.892 bits per heavy atom. The Morgan fingerprint density at radius 2 is 1.65 bits per heavy atom. The second-order valence-corrected chi connectivity index (χ2v) is 8.24. The van der Waals surface area contributed by atoms with Crippen LogP contribution in [0.25, 0.3) is 0 Å². The predicted octanol–water partition coefficient (Wildman–Crippen LogP) is 5.91. The fourth-order valence-electron chi connectivity index (χ4n) is 3.30. The molecule has 0 spiro atoms. The van der Waals surface area contributed by atoms with E-state index in [4.69, 9.17) is 25.8 Å². The second kappa shape index (κ2) is 12.4. The summed E-state index contributed by atoms with van der Waals surface area (Å²) in [5.74, 6) is 0.493. The molecule has 1 N–H and O–H groups in total. The maximum absolute atomic E-state index is 12.7. The summed E-state index contributed by atoms with van der Waals surface area (Å²) in [5.41, 5.74) is 4.79. The van der Waals surface area contributed by atoms with Gasteiger partial charge in [0.25, 0.3) is 5.91 Å². The summed E-state index contributed by atoms with van der Waals surface area (Å²) >= 11 is 5.92. The lowest BCUT2D eigenvalue weighted by molar-refractivity contribution is 0.0734. The van der Waals surface area contributed by atoms with E-state index < -0.39 is 11.9 Å². The molecule has 186 valence electrons. The SMILES string of the molecule is COc1ccc(C(=O)Oc2cccc(/C=N\NC(=O)c3ccccc3OCc3ccc(Cl)cc3)c2)cc1. The minimum Gasteiger partial charge on any atom is -0.497 e. The number of halogens is 1. The molecule has 0 atom stereocenters. The summed E-state index contributed by atoms with van der Waals surface area (Å²) in [6.45, 7) is 0.284. The fraction of sp³-hybridized carbons (Fsp3) is 0.0690. The van der Waals surface area contributed by atoms with Crippen LogP contribution in [0.1, 0.15) is 31.8 Å². The molecule has 0 bridgehead atoms. The average Bonchev–Trinajstić information content (AvgIpc) is 2.93. The zero-order chi connectivity index (χ0) is 26.0. The first-order valence-corrected chi connectivity index (χ1v) is 11.7. The number of amides is 1. The van der Waals surface area contributed by atoms with E-state index >= 15 is 0 Å². The fourth-order valence-corrected chi connectivity index (χ4v) is 3.42. The van der Waals surface area contributed by atoms with Gasteiger partial charge in [-0.25, -0.2) is 10.2 Å². The summed E-state index contributed by atoms with van der Waals surface area (Å²) in [6, 6.07) is 27.6. The highest BCUT2D eigenvalue weighted by Crippen LogP contribution is 2.20. The van der Waals surface area contributed by atoms with Gasteiger partial charge >= 0.3 is 5.97 Å². The molecule has 0 fully saturated rings. The van der Waals surface area contributed by atoms with Crippen LogP contribution in [0.5, 0.6) is 17.2 Å². The lowest BCUT2D eigenvalue weighted by atomic mass is 10.2. The van der Waals surface area contributed by atoms with E-state index in [1.165, 1.54) is 6.21 Å². The molecule has 8 heteroatoms. The van der Waals surface area contributed by atoms with Gasteiger partial charge in [0.15, 0.2) is 0 Å². The highest BCUT2D eigenvalue weighted by Gasteiger charge is 2.12. The first-order valence-electron chi connectivity index (χ1n) is 11.3. The minimum atomic E-state index is -0.500. The average molecular weight is 515 g/mol. The van der Waals surface area contributed by atoms with Crippen LogP contribution >= 0.6 is 11.6 Å². The van der Waals surface area contributed by atoms with E-state index in [9.17, 15) is 9.59 Å². The van der Waals surface area contributed by atoms with Gasteiger partial charge in [-0.1, -0.05) is 48.0 Å². The van der Waals surface area contributed by atoms with E-state index in [-0.39, 0.29) is 6.61 Å². The largest absolute Gasteiger partial charge is 0.497 e. The van der Waals surface area contributed by atoms with Crippen molar-refractivity contribution in [2.24, 2.45) is 5.10 Å². The third kappa shape index (κ3) is 7.19. The van der Waals surface area contributed by atoms with Crippen molar-refractivity contribution in [2.75, 3.05) is 7.11 Å². The number of ether oxygens (including phenoxy) is 3. The zero-order valence-corrected chi connectivity index (χ0v) is 20.6. The molecule has 0 aliphatic heterocycles. The highest BCUT2D eigenvalue weighted by molar-refractivity contribution is 6.30. The van der Waals surface area contributed by atoms with Crippen LogP contribution < -0.4 is 19.6 Å². The topological polar surface area (TPSA) is 86.2 Å². The van der Waals surface area contributed by atoms with Gasteiger partial charge in [0.2, 0.25) is 0 Å². The van der Waals surface area contributed by atoms with Crippen molar-refractivity contribution in [1.82, 2.24) is 5.43 Å². The Balaban J connectivity index is 1.36. The number of para-hydroxylation sites is 1. The Morgan fingerprint density at radius 3 is 2.41 bits per heavy atom. The number of methoxy groups -OCH3 is 1. The maximum atomic E-state index is 12.7. The van der Waals surface area contributed by atoms with Crippen molar-refractivity contribution < 1.29 is 23.8 Å². The lowest BCUT2D eigenvalue weighted by Crippen LogP contribution is -2.18. The summed E-state index contributed by atoms with van der Waals surface area (Å²) in [6.07, 6.45) is 1.46. The zero-order valence-electron chi connectivity index (χ0n) is 19.9. The highest BCUT2D eigenvalue weighted by atomic mass is 35.5. The van der Waals surface area contributed by atoms with E-state index in [2.05, 4.69) is 10.5 Å². The number of benzene rings is 4. The van der Waals surface area contributed by atoms with Crippen molar-refractivity contribution in [3.8, 4) is 17.2 Å². The van der Waals surface area contributed by atoms with Crippen molar-refractivity contribution in [3.05, 3.63) is 124 Å². The first kappa shape index (κ1) is 25.5. The summed E-state index contributed by atoms with van der Waals surface area (Å²) in [7, 11) is 1.55. The smallest absolute Gasteiger partial charge is 0.343 e. The third-order valence-electron chi connectivity index (χ3n) is 5.21. The van der Waals surface area contributed by atoms with E-state index in [1.54, 1.807) is 92.0 Å². The molecule has 0 saturated carbocycles. The molecule has 0 aromatic heterocycles. The monoisotopic (exact) mass is 514 g/mol. The van der Waals surface area contributed by atoms with Crippen LogP contribution in [0.3, 0.4) is 0 Å². The van der Waals surface area contributed by atoms with Crippen LogP contribution in [0.15, 0.2) is 102 Å². The third-order valence-corrected chi connectivity index (χ3v) is 5.47. The number of hydrogen-bond donors (Lipinski definition) is 1. The number of esters is 1. The molecule has 4 aromatic carbocycles. The number of nitrogens with one attached hydrogen (secondary N) is 1. The second-order valence-electron chi connectivity index (χ2n) is 7.80. The van der Waals surface area contributed by atoms with Gasteiger partial charge in [-0.3, -0.25) is 4.79 Å². The van der Waals surface area contributed by atoms with Gasteiger partial charge in [0, 0.05) is 5.02 Å². The molecular formula is C29H23ClN2O5. The summed E-state index contributed by atoms with van der Waals surface area (Å²) in [4.78, 5) is 25.1. The van der Waals surface area contributed by atoms with E-state index in [0.717, 1.165) is 5.56 Å². The number of rotatable bonds is 9. The Kier molecular flexibility index (Phi) is 8.52. The number of carbonyl (C=O) groups is 2. The lowest BCUT2D eigenvalue weighted by Gasteiger charge is -2.10.